The number of carbonyl (C=O) groups excluding carboxylic acids is 1. The Morgan fingerprint density at radius 2 is 2.41 bits per heavy atom. The van der Waals surface area contributed by atoms with Crippen molar-refractivity contribution in [2.45, 2.75) is 25.7 Å². The van der Waals surface area contributed by atoms with Crippen LogP contribution in [0.25, 0.3) is 0 Å². The Labute approximate surface area is 101 Å². The topological polar surface area (TPSA) is 88.2 Å². The SMILES string of the molecule is C[C@H]1C[C@@H](CO)O[C@H]1N(C)/C=C\C(N)=NC=O. The number of aliphatic hydroxyl groups excluding tert-OH is 1. The highest BCUT2D eigenvalue weighted by Gasteiger charge is 2.33. The summed E-state index contributed by atoms with van der Waals surface area (Å²) in [6, 6.07) is 0. The number of amidine groups is 1. The van der Waals surface area contributed by atoms with Gasteiger partial charge in [-0.2, -0.15) is 4.99 Å². The van der Waals surface area contributed by atoms with Gasteiger partial charge < -0.3 is 20.5 Å². The summed E-state index contributed by atoms with van der Waals surface area (Å²) in [6.45, 7) is 2.10. The van der Waals surface area contributed by atoms with Gasteiger partial charge in [0.15, 0.2) is 0 Å². The number of nitrogens with zero attached hydrogens (tertiary/aromatic N) is 2. The van der Waals surface area contributed by atoms with Gasteiger partial charge >= 0.3 is 0 Å². The maximum atomic E-state index is 10.1. The third-order valence-corrected chi connectivity index (χ3v) is 2.74. The number of rotatable bonds is 5. The molecule has 0 aromatic rings. The fourth-order valence-electron chi connectivity index (χ4n) is 1.92. The standard InChI is InChI=1S/C11H19N3O3/c1-8-5-9(6-15)17-11(8)14(2)4-3-10(12)13-7-16/h3-4,7-9,11,15H,5-6H2,1-2H3,(H2,12,13,16)/b4-3-/t8-,9-,11+/m0/s1. The Morgan fingerprint density at radius 1 is 1.71 bits per heavy atom. The molecular weight excluding hydrogens is 222 g/mol. The zero-order chi connectivity index (χ0) is 12.8. The molecule has 1 heterocycles. The molecule has 1 amide bonds. The molecule has 1 aliphatic heterocycles. The van der Waals surface area contributed by atoms with Crippen LogP contribution in [0.2, 0.25) is 0 Å². The van der Waals surface area contributed by atoms with E-state index in [4.69, 9.17) is 15.6 Å². The molecule has 0 aromatic carbocycles. The second-order valence-corrected chi connectivity index (χ2v) is 4.18. The molecule has 1 fully saturated rings. The Balaban J connectivity index is 2.56. The van der Waals surface area contributed by atoms with Crippen molar-refractivity contribution in [3.63, 3.8) is 0 Å². The molecule has 0 aromatic heterocycles. The van der Waals surface area contributed by atoms with Crippen molar-refractivity contribution in [3.8, 4) is 0 Å². The lowest BCUT2D eigenvalue weighted by molar-refractivity contribution is -0.106. The van der Waals surface area contributed by atoms with Crippen molar-refractivity contribution in [2.24, 2.45) is 16.6 Å². The number of hydrogen-bond donors (Lipinski definition) is 2. The molecule has 96 valence electrons. The van der Waals surface area contributed by atoms with E-state index in [1.807, 2.05) is 11.9 Å². The maximum absolute atomic E-state index is 10.1. The summed E-state index contributed by atoms with van der Waals surface area (Å²) >= 11 is 0. The van der Waals surface area contributed by atoms with Crippen molar-refractivity contribution in [2.75, 3.05) is 13.7 Å². The van der Waals surface area contributed by atoms with Crippen LogP contribution >= 0.6 is 0 Å². The zero-order valence-corrected chi connectivity index (χ0v) is 10.1. The van der Waals surface area contributed by atoms with Gasteiger partial charge in [0.05, 0.1) is 12.7 Å². The van der Waals surface area contributed by atoms with Crippen LogP contribution in [0.5, 0.6) is 0 Å². The van der Waals surface area contributed by atoms with Crippen molar-refractivity contribution >= 4 is 12.2 Å². The van der Waals surface area contributed by atoms with Gasteiger partial charge in [0.25, 0.3) is 0 Å². The van der Waals surface area contributed by atoms with E-state index in [-0.39, 0.29) is 24.8 Å². The molecule has 3 N–H and O–H groups in total. The number of ether oxygens (including phenoxy) is 1. The Morgan fingerprint density at radius 3 is 2.94 bits per heavy atom. The van der Waals surface area contributed by atoms with Crippen LogP contribution < -0.4 is 5.73 Å². The molecule has 17 heavy (non-hydrogen) atoms. The summed E-state index contributed by atoms with van der Waals surface area (Å²) in [5.74, 6) is 0.474. The van der Waals surface area contributed by atoms with E-state index in [1.54, 1.807) is 6.20 Å². The second kappa shape index (κ2) is 6.36. The first-order valence-corrected chi connectivity index (χ1v) is 5.51. The molecule has 0 bridgehead atoms. The summed E-state index contributed by atoms with van der Waals surface area (Å²) < 4.78 is 5.65. The minimum Gasteiger partial charge on any atom is -0.394 e. The molecule has 0 saturated carbocycles. The van der Waals surface area contributed by atoms with Crippen LogP contribution in [0, 0.1) is 5.92 Å². The first kappa shape index (κ1) is 13.7. The Hall–Kier alpha value is -1.40. The van der Waals surface area contributed by atoms with Gasteiger partial charge in [-0.3, -0.25) is 4.79 Å². The van der Waals surface area contributed by atoms with Crippen LogP contribution in [0.1, 0.15) is 13.3 Å². The number of hydrogen-bond acceptors (Lipinski definition) is 4. The fourth-order valence-corrected chi connectivity index (χ4v) is 1.92. The smallest absolute Gasteiger partial charge is 0.234 e. The van der Waals surface area contributed by atoms with Gasteiger partial charge in [0.2, 0.25) is 6.41 Å². The molecule has 1 rings (SSSR count). The van der Waals surface area contributed by atoms with Gasteiger partial charge in [-0.25, -0.2) is 0 Å². The predicted molar refractivity (Wildman–Crippen MR) is 64.1 cm³/mol. The number of aliphatic hydroxyl groups is 1. The van der Waals surface area contributed by atoms with Gasteiger partial charge in [-0.1, -0.05) is 6.92 Å². The van der Waals surface area contributed by atoms with E-state index in [9.17, 15) is 4.79 Å². The lowest BCUT2D eigenvalue weighted by Crippen LogP contribution is -2.32. The number of nitrogens with two attached hydrogens (primary N) is 1. The predicted octanol–water partition coefficient (Wildman–Crippen LogP) is -0.311. The first-order chi connectivity index (χ1) is 8.08. The summed E-state index contributed by atoms with van der Waals surface area (Å²) in [4.78, 5) is 15.3. The third-order valence-electron chi connectivity index (χ3n) is 2.74. The zero-order valence-electron chi connectivity index (χ0n) is 10.1. The van der Waals surface area contributed by atoms with Crippen molar-refractivity contribution in [3.05, 3.63) is 12.3 Å². The molecule has 0 spiro atoms. The van der Waals surface area contributed by atoms with Gasteiger partial charge in [0.1, 0.15) is 12.1 Å². The highest BCUT2D eigenvalue weighted by molar-refractivity contribution is 5.95. The highest BCUT2D eigenvalue weighted by Crippen LogP contribution is 2.27. The number of amides is 1. The summed E-state index contributed by atoms with van der Waals surface area (Å²) in [7, 11) is 1.85. The van der Waals surface area contributed by atoms with Crippen LogP contribution in [0.3, 0.4) is 0 Å². The fraction of sp³-hybridized carbons (Fsp3) is 0.636. The molecule has 3 atom stereocenters. The molecule has 1 aliphatic rings. The Bertz CT molecular complexity index is 317. The van der Waals surface area contributed by atoms with Gasteiger partial charge in [0, 0.05) is 19.2 Å². The van der Waals surface area contributed by atoms with Crippen LogP contribution in [0.4, 0.5) is 0 Å². The average Bonchev–Trinajstić information content (AvgIpc) is 2.68. The minimum absolute atomic E-state index is 0.0349. The van der Waals surface area contributed by atoms with Crippen molar-refractivity contribution in [1.29, 1.82) is 0 Å². The molecule has 0 aliphatic carbocycles. The van der Waals surface area contributed by atoms with Crippen molar-refractivity contribution in [1.82, 2.24) is 4.90 Å². The number of aliphatic imine (C=N–C) groups is 1. The molecular formula is C11H19N3O3. The first-order valence-electron chi connectivity index (χ1n) is 5.51. The lowest BCUT2D eigenvalue weighted by Gasteiger charge is -2.25. The summed E-state index contributed by atoms with van der Waals surface area (Å²) in [5, 5.41) is 9.03. The third kappa shape index (κ3) is 3.83. The van der Waals surface area contributed by atoms with E-state index >= 15 is 0 Å². The summed E-state index contributed by atoms with van der Waals surface area (Å²) in [6.07, 6.45) is 4.28. The molecule has 0 radical (unpaired) electrons. The molecule has 1 saturated heterocycles. The van der Waals surface area contributed by atoms with E-state index < -0.39 is 0 Å². The largest absolute Gasteiger partial charge is 0.394 e. The molecule has 6 nitrogen and oxygen atoms in total. The van der Waals surface area contributed by atoms with Gasteiger partial charge in [-0.05, 0) is 12.5 Å². The van der Waals surface area contributed by atoms with Crippen LogP contribution in [-0.2, 0) is 9.53 Å². The van der Waals surface area contributed by atoms with E-state index in [2.05, 4.69) is 11.9 Å². The average molecular weight is 241 g/mol. The maximum Gasteiger partial charge on any atom is 0.234 e. The quantitative estimate of drug-likeness (QED) is 0.391. The monoisotopic (exact) mass is 241 g/mol. The lowest BCUT2D eigenvalue weighted by atomic mass is 10.1. The second-order valence-electron chi connectivity index (χ2n) is 4.18. The Kier molecular flexibility index (Phi) is 5.11. The highest BCUT2D eigenvalue weighted by atomic mass is 16.5. The van der Waals surface area contributed by atoms with Crippen LogP contribution in [0.15, 0.2) is 17.3 Å². The van der Waals surface area contributed by atoms with E-state index in [1.165, 1.54) is 6.08 Å². The van der Waals surface area contributed by atoms with E-state index in [0.29, 0.717) is 12.3 Å². The number of carbonyl (C=O) groups is 1. The minimum atomic E-state index is -0.105. The van der Waals surface area contributed by atoms with Crippen LogP contribution in [-0.4, -0.2) is 48.2 Å². The van der Waals surface area contributed by atoms with Gasteiger partial charge in [-0.15, -0.1) is 0 Å². The summed E-state index contributed by atoms with van der Waals surface area (Å²) in [5.41, 5.74) is 5.44. The molecule has 6 heteroatoms. The molecule has 0 unspecified atom stereocenters. The normalized spacial score (nSPS) is 29.8. The van der Waals surface area contributed by atoms with Crippen molar-refractivity contribution < 1.29 is 14.6 Å². The van der Waals surface area contributed by atoms with E-state index in [0.717, 1.165) is 6.42 Å².